The van der Waals surface area contributed by atoms with Gasteiger partial charge in [-0.25, -0.2) is 4.42 Å². The van der Waals surface area contributed by atoms with Crippen molar-refractivity contribution in [1.29, 1.82) is 0 Å². The average Bonchev–Trinajstić information content (AvgIpc) is 2.56. The second-order valence-electron chi connectivity index (χ2n) is 5.51. The number of hydrogen-bond donors (Lipinski definition) is 0. The van der Waals surface area contributed by atoms with Gasteiger partial charge in [0.25, 0.3) is 0 Å². The Morgan fingerprint density at radius 3 is 2.32 bits per heavy atom. The highest BCUT2D eigenvalue weighted by Gasteiger charge is 2.18. The van der Waals surface area contributed by atoms with E-state index in [1.807, 2.05) is 18.2 Å². The van der Waals surface area contributed by atoms with E-state index in [9.17, 15) is 0 Å². The van der Waals surface area contributed by atoms with Gasteiger partial charge in [0.05, 0.1) is 17.0 Å². The van der Waals surface area contributed by atoms with Crippen LogP contribution in [0.15, 0.2) is 59.0 Å². The molecule has 0 unspecified atom stereocenters. The molecule has 0 saturated carbocycles. The topological polar surface area (TPSA) is 14.5 Å². The maximum Gasteiger partial charge on any atom is 0.363 e. The summed E-state index contributed by atoms with van der Waals surface area (Å²) < 4.78 is 6.18. The van der Waals surface area contributed by atoms with E-state index in [4.69, 9.17) is 4.42 Å². The van der Waals surface area contributed by atoms with Crippen molar-refractivity contribution in [2.24, 2.45) is 0 Å². The summed E-state index contributed by atoms with van der Waals surface area (Å²) in [5.41, 5.74) is 4.51. The van der Waals surface area contributed by atoms with Crippen molar-refractivity contribution in [3.8, 4) is 11.3 Å². The molecule has 1 heterocycles. The number of rotatable bonds is 4. The molecule has 0 aliphatic heterocycles. The minimum Gasteiger partial charge on any atom is -0.372 e. The van der Waals surface area contributed by atoms with Gasteiger partial charge in [-0.1, -0.05) is 18.2 Å². The lowest BCUT2D eigenvalue weighted by molar-refractivity contribution is 0.619. The molecule has 22 heavy (non-hydrogen) atoms. The van der Waals surface area contributed by atoms with Gasteiger partial charge in [0.1, 0.15) is 0 Å². The number of aryl methyl sites for hydroxylation is 1. The molecule has 0 N–H and O–H groups in total. The van der Waals surface area contributed by atoms with Gasteiger partial charge in [0.2, 0.25) is 0 Å². The van der Waals surface area contributed by atoms with Gasteiger partial charge in [-0.2, -0.15) is 0 Å². The fourth-order valence-electron chi connectivity index (χ4n) is 2.87. The SMILES string of the molecule is CCN(CC)c1ccc2c(C)cc(-c3ccccc3)[o+]c2c1. The van der Waals surface area contributed by atoms with E-state index in [2.05, 4.69) is 62.1 Å². The predicted molar refractivity (Wildman–Crippen MR) is 94.4 cm³/mol. The van der Waals surface area contributed by atoms with Gasteiger partial charge in [-0.3, -0.25) is 0 Å². The average molecular weight is 292 g/mol. The Morgan fingerprint density at radius 1 is 0.909 bits per heavy atom. The van der Waals surface area contributed by atoms with Crippen molar-refractivity contribution < 1.29 is 4.42 Å². The smallest absolute Gasteiger partial charge is 0.363 e. The molecule has 0 amide bonds. The minimum atomic E-state index is 0.919. The first kappa shape index (κ1) is 14.6. The van der Waals surface area contributed by atoms with Crippen LogP contribution in [-0.4, -0.2) is 13.1 Å². The van der Waals surface area contributed by atoms with Crippen LogP contribution in [0.5, 0.6) is 0 Å². The molecule has 0 saturated heterocycles. The van der Waals surface area contributed by atoms with Crippen LogP contribution < -0.4 is 4.90 Å². The third kappa shape index (κ3) is 2.69. The summed E-state index contributed by atoms with van der Waals surface area (Å²) in [5.74, 6) is 0.919. The van der Waals surface area contributed by atoms with E-state index in [0.717, 1.165) is 30.0 Å². The molecular formula is C20H22NO+. The summed E-state index contributed by atoms with van der Waals surface area (Å²) in [4.78, 5) is 2.33. The normalized spacial score (nSPS) is 10.9. The molecular weight excluding hydrogens is 270 g/mol. The van der Waals surface area contributed by atoms with Gasteiger partial charge in [-0.05, 0) is 50.6 Å². The Balaban J connectivity index is 2.14. The van der Waals surface area contributed by atoms with Crippen molar-refractivity contribution in [3.63, 3.8) is 0 Å². The van der Waals surface area contributed by atoms with Crippen LogP contribution >= 0.6 is 0 Å². The number of benzene rings is 2. The van der Waals surface area contributed by atoms with Crippen molar-refractivity contribution in [2.75, 3.05) is 18.0 Å². The zero-order chi connectivity index (χ0) is 15.5. The molecule has 112 valence electrons. The Morgan fingerprint density at radius 2 is 1.64 bits per heavy atom. The Bertz CT molecular complexity index is 776. The summed E-state index contributed by atoms with van der Waals surface area (Å²) >= 11 is 0. The third-order valence-corrected chi connectivity index (χ3v) is 4.14. The molecule has 0 bridgehead atoms. The molecule has 0 aliphatic rings. The monoisotopic (exact) mass is 292 g/mol. The zero-order valence-electron chi connectivity index (χ0n) is 13.5. The lowest BCUT2D eigenvalue weighted by atomic mass is 10.1. The molecule has 2 nitrogen and oxygen atoms in total. The molecule has 0 aliphatic carbocycles. The summed E-state index contributed by atoms with van der Waals surface area (Å²) in [5, 5.41) is 1.18. The van der Waals surface area contributed by atoms with Crippen LogP contribution in [-0.2, 0) is 0 Å². The highest BCUT2D eigenvalue weighted by molar-refractivity contribution is 5.85. The molecule has 0 spiro atoms. The molecule has 0 radical (unpaired) electrons. The zero-order valence-corrected chi connectivity index (χ0v) is 13.5. The second-order valence-corrected chi connectivity index (χ2v) is 5.51. The summed E-state index contributed by atoms with van der Waals surface area (Å²) in [6, 6.07) is 18.9. The lowest BCUT2D eigenvalue weighted by Gasteiger charge is -2.20. The highest BCUT2D eigenvalue weighted by atomic mass is 16.3. The summed E-state index contributed by atoms with van der Waals surface area (Å²) in [7, 11) is 0. The fourth-order valence-corrected chi connectivity index (χ4v) is 2.87. The first-order valence-electron chi connectivity index (χ1n) is 7.90. The van der Waals surface area contributed by atoms with Crippen LogP contribution in [0.2, 0.25) is 0 Å². The van der Waals surface area contributed by atoms with Crippen LogP contribution in [0.25, 0.3) is 22.3 Å². The fraction of sp³-hybridized carbons (Fsp3) is 0.250. The largest absolute Gasteiger partial charge is 0.372 e. The Kier molecular flexibility index (Phi) is 4.10. The molecule has 1 aromatic heterocycles. The lowest BCUT2D eigenvalue weighted by Crippen LogP contribution is -2.21. The van der Waals surface area contributed by atoms with Gasteiger partial charge in [0.15, 0.2) is 0 Å². The summed E-state index contributed by atoms with van der Waals surface area (Å²) in [6.45, 7) is 8.49. The maximum atomic E-state index is 6.18. The van der Waals surface area contributed by atoms with E-state index in [1.165, 1.54) is 16.6 Å². The second kappa shape index (κ2) is 6.18. The van der Waals surface area contributed by atoms with E-state index in [-0.39, 0.29) is 0 Å². The van der Waals surface area contributed by atoms with Gasteiger partial charge in [0, 0.05) is 24.8 Å². The van der Waals surface area contributed by atoms with E-state index < -0.39 is 0 Å². The molecule has 3 rings (SSSR count). The summed E-state index contributed by atoms with van der Waals surface area (Å²) in [6.07, 6.45) is 0. The maximum absolute atomic E-state index is 6.18. The van der Waals surface area contributed by atoms with Gasteiger partial charge < -0.3 is 4.90 Å². The molecule has 2 aromatic carbocycles. The quantitative estimate of drug-likeness (QED) is 0.587. The van der Waals surface area contributed by atoms with E-state index in [1.54, 1.807) is 0 Å². The van der Waals surface area contributed by atoms with Crippen molar-refractivity contribution in [3.05, 3.63) is 60.2 Å². The Labute approximate surface area is 132 Å². The third-order valence-electron chi connectivity index (χ3n) is 4.14. The van der Waals surface area contributed by atoms with Gasteiger partial charge >= 0.3 is 11.3 Å². The number of anilines is 1. The molecule has 3 aromatic rings. The molecule has 0 atom stereocenters. The van der Waals surface area contributed by atoms with Crippen LogP contribution in [0.3, 0.4) is 0 Å². The predicted octanol–water partition coefficient (Wildman–Crippen LogP) is 5.54. The highest BCUT2D eigenvalue weighted by Crippen LogP contribution is 2.30. The van der Waals surface area contributed by atoms with Crippen LogP contribution in [0.4, 0.5) is 5.69 Å². The van der Waals surface area contributed by atoms with Crippen LogP contribution in [0.1, 0.15) is 19.4 Å². The molecule has 0 fully saturated rings. The van der Waals surface area contributed by atoms with Crippen molar-refractivity contribution >= 4 is 16.7 Å². The first-order valence-corrected chi connectivity index (χ1v) is 7.90. The van der Waals surface area contributed by atoms with Crippen molar-refractivity contribution in [2.45, 2.75) is 20.8 Å². The van der Waals surface area contributed by atoms with Gasteiger partial charge in [-0.15, -0.1) is 0 Å². The van der Waals surface area contributed by atoms with Crippen LogP contribution in [0, 0.1) is 6.92 Å². The minimum absolute atomic E-state index is 0.919. The number of fused-ring (bicyclic) bond motifs is 1. The number of nitrogens with zero attached hydrogens (tertiary/aromatic N) is 1. The standard InChI is InChI=1S/C20H22NO/c1-4-21(5-2)17-11-12-18-15(3)13-19(22-20(18)14-17)16-9-7-6-8-10-16/h6-14H,4-5H2,1-3H3/q+1. The molecule has 2 heteroatoms. The number of hydrogen-bond acceptors (Lipinski definition) is 1. The first-order chi connectivity index (χ1) is 10.7. The van der Waals surface area contributed by atoms with Crippen molar-refractivity contribution in [1.82, 2.24) is 0 Å². The van der Waals surface area contributed by atoms with E-state index >= 15 is 0 Å². The van der Waals surface area contributed by atoms with E-state index in [0.29, 0.717) is 0 Å². The Hall–Kier alpha value is -2.35.